The second-order valence-electron chi connectivity index (χ2n) is 5.61. The minimum atomic E-state index is -0.384. The summed E-state index contributed by atoms with van der Waals surface area (Å²) in [4.78, 5) is 25.8. The number of rotatable bonds is 8. The van der Waals surface area contributed by atoms with Gasteiger partial charge in [0.05, 0.1) is 12.8 Å². The van der Waals surface area contributed by atoms with Gasteiger partial charge in [0.25, 0.3) is 11.8 Å². The maximum absolute atomic E-state index is 11.8. The fourth-order valence-corrected chi connectivity index (χ4v) is 2.43. The van der Waals surface area contributed by atoms with Gasteiger partial charge in [0.1, 0.15) is 0 Å². The highest BCUT2D eigenvalue weighted by Gasteiger charge is 2.06. The molecule has 26 heavy (non-hydrogen) atoms. The third kappa shape index (κ3) is 5.73. The van der Waals surface area contributed by atoms with Crippen LogP contribution < -0.4 is 15.6 Å². The smallest absolute Gasteiger partial charge is 0.259 e. The Hall–Kier alpha value is -3.15. The zero-order chi connectivity index (χ0) is 18.8. The minimum absolute atomic E-state index is 0.133. The Labute approximate surface area is 153 Å². The van der Waals surface area contributed by atoms with Crippen molar-refractivity contribution in [3.05, 3.63) is 65.7 Å². The second-order valence-corrected chi connectivity index (χ2v) is 5.61. The van der Waals surface area contributed by atoms with Gasteiger partial charge in [-0.25, -0.2) is 5.43 Å². The van der Waals surface area contributed by atoms with Crippen molar-refractivity contribution in [3.63, 3.8) is 0 Å². The molecule has 6 nitrogen and oxygen atoms in total. The van der Waals surface area contributed by atoms with Crippen LogP contribution >= 0.6 is 0 Å². The summed E-state index contributed by atoms with van der Waals surface area (Å²) in [5.41, 5.74) is 4.95. The molecule has 2 rings (SSSR count). The molecule has 0 aliphatic rings. The van der Waals surface area contributed by atoms with E-state index in [4.69, 9.17) is 0 Å². The standard InChI is InChI=1S/C20H24N4O2/c1-3-24(4-2)18-12-10-16(11-13-18)14-22-23-19(25)15-21-20(26)17-8-6-5-7-9-17/h5-14H,3-4,15H2,1-2H3,(H,21,26)(H,23,25)/b22-14-. The molecule has 0 saturated carbocycles. The van der Waals surface area contributed by atoms with E-state index in [1.54, 1.807) is 30.5 Å². The van der Waals surface area contributed by atoms with E-state index in [0.29, 0.717) is 5.56 Å². The van der Waals surface area contributed by atoms with Crippen LogP contribution in [0.2, 0.25) is 0 Å². The molecule has 2 aromatic rings. The van der Waals surface area contributed by atoms with Gasteiger partial charge in [-0.2, -0.15) is 5.10 Å². The molecule has 0 saturated heterocycles. The van der Waals surface area contributed by atoms with Crippen LogP contribution in [-0.4, -0.2) is 37.7 Å². The molecule has 0 aromatic heterocycles. The van der Waals surface area contributed by atoms with Crippen LogP contribution in [-0.2, 0) is 4.79 Å². The summed E-state index contributed by atoms with van der Waals surface area (Å²) < 4.78 is 0. The summed E-state index contributed by atoms with van der Waals surface area (Å²) in [7, 11) is 0. The van der Waals surface area contributed by atoms with Gasteiger partial charge in [0.15, 0.2) is 0 Å². The van der Waals surface area contributed by atoms with Crippen LogP contribution in [0.1, 0.15) is 29.8 Å². The fourth-order valence-electron chi connectivity index (χ4n) is 2.43. The van der Waals surface area contributed by atoms with Crippen molar-refractivity contribution in [2.24, 2.45) is 5.10 Å². The summed E-state index contributed by atoms with van der Waals surface area (Å²) in [5.74, 6) is -0.679. The normalized spacial score (nSPS) is 10.5. The molecule has 0 fully saturated rings. The van der Waals surface area contributed by atoms with Crippen LogP contribution in [0.15, 0.2) is 59.7 Å². The van der Waals surface area contributed by atoms with Gasteiger partial charge in [-0.15, -0.1) is 0 Å². The molecule has 2 N–H and O–H groups in total. The maximum atomic E-state index is 11.8. The lowest BCUT2D eigenvalue weighted by Crippen LogP contribution is -2.34. The Kier molecular flexibility index (Phi) is 7.36. The first-order valence-corrected chi connectivity index (χ1v) is 8.64. The number of nitrogens with zero attached hydrogens (tertiary/aromatic N) is 2. The van der Waals surface area contributed by atoms with Gasteiger partial charge in [0.2, 0.25) is 0 Å². The van der Waals surface area contributed by atoms with Gasteiger partial charge in [-0.05, 0) is 43.7 Å². The predicted octanol–water partition coefficient (Wildman–Crippen LogP) is 2.41. The number of hydrazone groups is 1. The number of carbonyl (C=O) groups is 2. The first kappa shape index (κ1) is 19.2. The molecule has 0 unspecified atom stereocenters. The maximum Gasteiger partial charge on any atom is 0.259 e. The van der Waals surface area contributed by atoms with Crippen molar-refractivity contribution in [2.75, 3.05) is 24.5 Å². The van der Waals surface area contributed by atoms with Gasteiger partial charge >= 0.3 is 0 Å². The SMILES string of the molecule is CCN(CC)c1ccc(/C=N\NC(=O)CNC(=O)c2ccccc2)cc1. The number of benzene rings is 2. The molecule has 0 spiro atoms. The lowest BCUT2D eigenvalue weighted by atomic mass is 10.2. The molecule has 0 aliphatic heterocycles. The van der Waals surface area contributed by atoms with Crippen molar-refractivity contribution in [2.45, 2.75) is 13.8 Å². The van der Waals surface area contributed by atoms with E-state index in [1.165, 1.54) is 0 Å². The molecule has 136 valence electrons. The van der Waals surface area contributed by atoms with Crippen molar-refractivity contribution in [1.82, 2.24) is 10.7 Å². The quantitative estimate of drug-likeness (QED) is 0.566. The average Bonchev–Trinajstić information content (AvgIpc) is 2.69. The second kappa shape index (κ2) is 9.98. The lowest BCUT2D eigenvalue weighted by Gasteiger charge is -2.20. The highest BCUT2D eigenvalue weighted by Crippen LogP contribution is 2.13. The van der Waals surface area contributed by atoms with Crippen LogP contribution in [0.3, 0.4) is 0 Å². The average molecular weight is 352 g/mol. The number of hydrogen-bond acceptors (Lipinski definition) is 4. The summed E-state index contributed by atoms with van der Waals surface area (Å²) in [6.07, 6.45) is 1.57. The minimum Gasteiger partial charge on any atom is -0.372 e. The van der Waals surface area contributed by atoms with Crippen molar-refractivity contribution < 1.29 is 9.59 Å². The van der Waals surface area contributed by atoms with E-state index >= 15 is 0 Å². The van der Waals surface area contributed by atoms with Crippen LogP contribution in [0.25, 0.3) is 0 Å². The van der Waals surface area contributed by atoms with E-state index in [1.807, 2.05) is 30.3 Å². The summed E-state index contributed by atoms with van der Waals surface area (Å²) in [5, 5.41) is 6.47. The third-order valence-electron chi connectivity index (χ3n) is 3.87. The van der Waals surface area contributed by atoms with Crippen molar-refractivity contribution in [1.29, 1.82) is 0 Å². The van der Waals surface area contributed by atoms with E-state index in [-0.39, 0.29) is 18.4 Å². The number of amides is 2. The summed E-state index contributed by atoms with van der Waals surface area (Å²) in [6, 6.07) is 16.7. The molecule has 6 heteroatoms. The highest BCUT2D eigenvalue weighted by atomic mass is 16.2. The summed E-state index contributed by atoms with van der Waals surface area (Å²) >= 11 is 0. The molecule has 0 atom stereocenters. The van der Waals surface area contributed by atoms with Crippen LogP contribution in [0.4, 0.5) is 5.69 Å². The third-order valence-corrected chi connectivity index (χ3v) is 3.87. The Balaban J connectivity index is 1.79. The highest BCUT2D eigenvalue weighted by molar-refractivity contribution is 5.96. The summed E-state index contributed by atoms with van der Waals surface area (Å²) in [6.45, 7) is 6.01. The Morgan fingerprint density at radius 2 is 1.65 bits per heavy atom. The van der Waals surface area contributed by atoms with Crippen molar-refractivity contribution >= 4 is 23.7 Å². The molecule has 2 aromatic carbocycles. The van der Waals surface area contributed by atoms with E-state index < -0.39 is 0 Å². The largest absolute Gasteiger partial charge is 0.372 e. The van der Waals surface area contributed by atoms with Gasteiger partial charge < -0.3 is 10.2 Å². The van der Waals surface area contributed by atoms with Gasteiger partial charge in [-0.3, -0.25) is 9.59 Å². The molecule has 0 radical (unpaired) electrons. The predicted molar refractivity (Wildman–Crippen MR) is 105 cm³/mol. The van der Waals surface area contributed by atoms with Crippen LogP contribution in [0.5, 0.6) is 0 Å². The first-order chi connectivity index (χ1) is 12.6. The molecule has 0 bridgehead atoms. The lowest BCUT2D eigenvalue weighted by molar-refractivity contribution is -0.120. The Morgan fingerprint density at radius 1 is 1.00 bits per heavy atom. The zero-order valence-corrected chi connectivity index (χ0v) is 15.1. The molecule has 0 aliphatic carbocycles. The topological polar surface area (TPSA) is 73.8 Å². The Bertz CT molecular complexity index is 738. The van der Waals surface area contributed by atoms with E-state index in [9.17, 15) is 9.59 Å². The van der Waals surface area contributed by atoms with Crippen molar-refractivity contribution in [3.8, 4) is 0 Å². The number of nitrogens with one attached hydrogen (secondary N) is 2. The fraction of sp³-hybridized carbons (Fsp3) is 0.250. The first-order valence-electron chi connectivity index (χ1n) is 8.64. The number of hydrogen-bond donors (Lipinski definition) is 2. The number of carbonyl (C=O) groups excluding carboxylic acids is 2. The number of anilines is 1. The van der Waals surface area contributed by atoms with Gasteiger partial charge in [-0.1, -0.05) is 30.3 Å². The zero-order valence-electron chi connectivity index (χ0n) is 15.1. The Morgan fingerprint density at radius 3 is 2.27 bits per heavy atom. The van der Waals surface area contributed by atoms with Crippen LogP contribution in [0, 0.1) is 0 Å². The molecular formula is C20H24N4O2. The molecule has 2 amide bonds. The monoisotopic (exact) mass is 352 g/mol. The molecular weight excluding hydrogens is 328 g/mol. The molecule has 0 heterocycles. The van der Waals surface area contributed by atoms with Gasteiger partial charge in [0, 0.05) is 24.3 Å². The van der Waals surface area contributed by atoms with E-state index in [0.717, 1.165) is 24.3 Å². The van der Waals surface area contributed by atoms with E-state index in [2.05, 4.69) is 34.6 Å².